The molecular weight excluding hydrogens is 201 g/mol. The fourth-order valence-corrected chi connectivity index (χ4v) is 1.78. The highest BCUT2D eigenvalue weighted by Gasteiger charge is 2.07. The summed E-state index contributed by atoms with van der Waals surface area (Å²) in [7, 11) is 0. The number of pyridine rings is 1. The van der Waals surface area contributed by atoms with Crippen LogP contribution in [0.4, 0.5) is 4.39 Å². The maximum atomic E-state index is 13.2. The van der Waals surface area contributed by atoms with E-state index in [4.69, 9.17) is 11.6 Å². The molecule has 0 spiro atoms. The van der Waals surface area contributed by atoms with Crippen molar-refractivity contribution in [1.82, 2.24) is 4.98 Å². The van der Waals surface area contributed by atoms with E-state index in [0.717, 1.165) is 10.9 Å². The lowest BCUT2D eigenvalue weighted by Crippen LogP contribution is -1.90. The third-order valence-electron chi connectivity index (χ3n) is 2.34. The molecule has 0 bridgehead atoms. The Morgan fingerprint density at radius 1 is 1.29 bits per heavy atom. The Labute approximate surface area is 86.5 Å². The molecule has 0 aliphatic rings. The molecule has 2 rings (SSSR count). The first kappa shape index (κ1) is 9.41. The van der Waals surface area contributed by atoms with Crippen molar-refractivity contribution in [2.45, 2.75) is 13.8 Å². The molecule has 0 radical (unpaired) electrons. The number of fused-ring (bicyclic) bond motifs is 1. The van der Waals surface area contributed by atoms with Crippen LogP contribution in [0.3, 0.4) is 0 Å². The van der Waals surface area contributed by atoms with Crippen LogP contribution in [-0.2, 0) is 0 Å². The van der Waals surface area contributed by atoms with Crippen LogP contribution in [-0.4, -0.2) is 4.98 Å². The molecule has 0 aliphatic carbocycles. The van der Waals surface area contributed by atoms with Crippen LogP contribution in [0.1, 0.15) is 11.1 Å². The van der Waals surface area contributed by atoms with Crippen LogP contribution in [0.5, 0.6) is 0 Å². The summed E-state index contributed by atoms with van der Waals surface area (Å²) in [5.41, 5.74) is 2.21. The molecule has 72 valence electrons. The summed E-state index contributed by atoms with van der Waals surface area (Å²) in [6.45, 7) is 3.65. The van der Waals surface area contributed by atoms with Crippen molar-refractivity contribution in [3.05, 3.63) is 40.3 Å². The minimum Gasteiger partial charge on any atom is -0.236 e. The SMILES string of the molecule is Cc1cc(Cl)nc2c(C)c(F)ccc12. The van der Waals surface area contributed by atoms with E-state index in [9.17, 15) is 4.39 Å². The fraction of sp³-hybridized carbons (Fsp3) is 0.182. The second-order valence-corrected chi connectivity index (χ2v) is 3.72. The Bertz CT molecular complexity index is 508. The number of hydrogen-bond acceptors (Lipinski definition) is 1. The van der Waals surface area contributed by atoms with Crippen LogP contribution in [0.2, 0.25) is 5.15 Å². The predicted octanol–water partition coefficient (Wildman–Crippen LogP) is 3.64. The Kier molecular flexibility index (Phi) is 2.16. The smallest absolute Gasteiger partial charge is 0.130 e. The quantitative estimate of drug-likeness (QED) is 0.604. The highest BCUT2D eigenvalue weighted by molar-refractivity contribution is 6.30. The molecule has 0 unspecified atom stereocenters. The van der Waals surface area contributed by atoms with Gasteiger partial charge in [0.1, 0.15) is 11.0 Å². The number of aryl methyl sites for hydroxylation is 2. The van der Waals surface area contributed by atoms with Gasteiger partial charge in [0, 0.05) is 10.9 Å². The van der Waals surface area contributed by atoms with Crippen molar-refractivity contribution >= 4 is 22.5 Å². The molecule has 2 aromatic rings. The van der Waals surface area contributed by atoms with E-state index in [0.29, 0.717) is 16.2 Å². The molecule has 1 heterocycles. The monoisotopic (exact) mass is 209 g/mol. The van der Waals surface area contributed by atoms with Gasteiger partial charge in [0.25, 0.3) is 0 Å². The Hall–Kier alpha value is -1.15. The van der Waals surface area contributed by atoms with Crippen molar-refractivity contribution in [3.63, 3.8) is 0 Å². The van der Waals surface area contributed by atoms with Gasteiger partial charge < -0.3 is 0 Å². The molecule has 14 heavy (non-hydrogen) atoms. The third kappa shape index (κ3) is 1.36. The van der Waals surface area contributed by atoms with Gasteiger partial charge in [-0.25, -0.2) is 9.37 Å². The fourth-order valence-electron chi connectivity index (χ4n) is 1.53. The molecular formula is C11H9ClFN. The van der Waals surface area contributed by atoms with Gasteiger partial charge in [0.15, 0.2) is 0 Å². The maximum Gasteiger partial charge on any atom is 0.130 e. The van der Waals surface area contributed by atoms with Crippen LogP contribution in [0.25, 0.3) is 10.9 Å². The second-order valence-electron chi connectivity index (χ2n) is 3.33. The molecule has 0 saturated carbocycles. The molecule has 0 saturated heterocycles. The largest absolute Gasteiger partial charge is 0.236 e. The van der Waals surface area contributed by atoms with Crippen LogP contribution in [0, 0.1) is 19.7 Å². The van der Waals surface area contributed by atoms with Crippen molar-refractivity contribution in [2.24, 2.45) is 0 Å². The number of hydrogen-bond donors (Lipinski definition) is 0. The molecule has 0 atom stereocenters. The Balaban J connectivity index is 2.95. The van der Waals surface area contributed by atoms with E-state index < -0.39 is 0 Å². The van der Waals surface area contributed by atoms with Crippen LogP contribution < -0.4 is 0 Å². The van der Waals surface area contributed by atoms with Gasteiger partial charge in [0.2, 0.25) is 0 Å². The van der Waals surface area contributed by atoms with Gasteiger partial charge in [-0.15, -0.1) is 0 Å². The normalized spacial score (nSPS) is 10.9. The molecule has 0 fully saturated rings. The molecule has 0 amide bonds. The first-order valence-corrected chi connectivity index (χ1v) is 4.69. The van der Waals surface area contributed by atoms with E-state index in [1.165, 1.54) is 6.07 Å². The summed E-state index contributed by atoms with van der Waals surface area (Å²) in [5, 5.41) is 1.36. The standard InChI is InChI=1S/C11H9ClFN/c1-6-5-10(12)14-11-7(2)9(13)4-3-8(6)11/h3-5H,1-2H3. The Morgan fingerprint density at radius 3 is 2.71 bits per heavy atom. The second kappa shape index (κ2) is 3.21. The third-order valence-corrected chi connectivity index (χ3v) is 2.54. The number of benzene rings is 1. The van der Waals surface area contributed by atoms with E-state index in [1.807, 2.05) is 6.92 Å². The van der Waals surface area contributed by atoms with Crippen molar-refractivity contribution in [2.75, 3.05) is 0 Å². The van der Waals surface area contributed by atoms with Gasteiger partial charge in [-0.2, -0.15) is 0 Å². The molecule has 0 aliphatic heterocycles. The van der Waals surface area contributed by atoms with Gasteiger partial charge in [-0.1, -0.05) is 11.6 Å². The average Bonchev–Trinajstić information content (AvgIpc) is 2.12. The summed E-state index contributed by atoms with van der Waals surface area (Å²) in [4.78, 5) is 4.12. The summed E-state index contributed by atoms with van der Waals surface area (Å²) in [5.74, 6) is -0.244. The van der Waals surface area contributed by atoms with Gasteiger partial charge >= 0.3 is 0 Å². The summed E-state index contributed by atoms with van der Waals surface area (Å²) in [6.07, 6.45) is 0. The zero-order valence-corrected chi connectivity index (χ0v) is 8.69. The first-order chi connectivity index (χ1) is 6.59. The van der Waals surface area contributed by atoms with Crippen molar-refractivity contribution < 1.29 is 4.39 Å². The highest BCUT2D eigenvalue weighted by Crippen LogP contribution is 2.24. The van der Waals surface area contributed by atoms with Crippen molar-refractivity contribution in [1.29, 1.82) is 0 Å². The lowest BCUT2D eigenvalue weighted by Gasteiger charge is -2.05. The number of aromatic nitrogens is 1. The Morgan fingerprint density at radius 2 is 2.00 bits per heavy atom. The number of halogens is 2. The van der Waals surface area contributed by atoms with Gasteiger partial charge in [0.05, 0.1) is 5.52 Å². The topological polar surface area (TPSA) is 12.9 Å². The number of nitrogens with zero attached hydrogens (tertiary/aromatic N) is 1. The number of rotatable bonds is 0. The average molecular weight is 210 g/mol. The zero-order chi connectivity index (χ0) is 10.3. The van der Waals surface area contributed by atoms with Gasteiger partial charge in [-0.05, 0) is 37.6 Å². The molecule has 0 N–H and O–H groups in total. The van der Waals surface area contributed by atoms with Crippen LogP contribution in [0.15, 0.2) is 18.2 Å². The first-order valence-electron chi connectivity index (χ1n) is 4.31. The molecule has 1 aromatic carbocycles. The van der Waals surface area contributed by atoms with E-state index in [1.54, 1.807) is 19.1 Å². The van der Waals surface area contributed by atoms with Crippen LogP contribution >= 0.6 is 11.6 Å². The van der Waals surface area contributed by atoms with Gasteiger partial charge in [-0.3, -0.25) is 0 Å². The lowest BCUT2D eigenvalue weighted by molar-refractivity contribution is 0.620. The van der Waals surface area contributed by atoms with E-state index in [-0.39, 0.29) is 5.82 Å². The minimum atomic E-state index is -0.244. The van der Waals surface area contributed by atoms with Crippen molar-refractivity contribution in [3.8, 4) is 0 Å². The summed E-state index contributed by atoms with van der Waals surface area (Å²) >= 11 is 5.81. The predicted molar refractivity (Wildman–Crippen MR) is 56.2 cm³/mol. The lowest BCUT2D eigenvalue weighted by atomic mass is 10.1. The molecule has 1 aromatic heterocycles. The minimum absolute atomic E-state index is 0.244. The summed E-state index contributed by atoms with van der Waals surface area (Å²) < 4.78 is 13.2. The molecule has 1 nitrogen and oxygen atoms in total. The van der Waals surface area contributed by atoms with E-state index >= 15 is 0 Å². The summed E-state index contributed by atoms with van der Waals surface area (Å²) in [6, 6.07) is 4.97. The zero-order valence-electron chi connectivity index (χ0n) is 7.94. The molecule has 3 heteroatoms. The maximum absolute atomic E-state index is 13.2. The highest BCUT2D eigenvalue weighted by atomic mass is 35.5. The van der Waals surface area contributed by atoms with E-state index in [2.05, 4.69) is 4.98 Å².